The van der Waals surface area contributed by atoms with Gasteiger partial charge in [0.15, 0.2) is 0 Å². The number of rotatable bonds is 5. The van der Waals surface area contributed by atoms with Gasteiger partial charge in [-0.25, -0.2) is 0 Å². The van der Waals surface area contributed by atoms with E-state index in [0.29, 0.717) is 6.04 Å². The summed E-state index contributed by atoms with van der Waals surface area (Å²) in [6, 6.07) is 5.83. The normalized spacial score (nSPS) is 17.2. The Labute approximate surface area is 105 Å². The number of hydrogen-bond donors (Lipinski definition) is 2. The van der Waals surface area contributed by atoms with E-state index in [1.54, 1.807) is 0 Å². The van der Waals surface area contributed by atoms with E-state index in [1.165, 1.54) is 35.1 Å². The van der Waals surface area contributed by atoms with E-state index in [-0.39, 0.29) is 0 Å². The molecule has 2 heteroatoms. The highest BCUT2D eigenvalue weighted by molar-refractivity contribution is 5.38. The van der Waals surface area contributed by atoms with E-state index in [1.807, 2.05) is 7.05 Å². The summed E-state index contributed by atoms with van der Waals surface area (Å²) < 4.78 is 0. The smallest absolute Gasteiger partial charge is 0.0447 e. The minimum atomic E-state index is 0.426. The molecule has 1 atom stereocenters. The van der Waals surface area contributed by atoms with Gasteiger partial charge in [-0.15, -0.1) is 0 Å². The lowest BCUT2D eigenvalue weighted by Crippen LogP contribution is -2.31. The van der Waals surface area contributed by atoms with E-state index in [0.717, 1.165) is 12.6 Å². The molecule has 0 aliphatic heterocycles. The Kier molecular flexibility index (Phi) is 3.85. The minimum Gasteiger partial charge on any atom is -0.312 e. The third-order valence-corrected chi connectivity index (χ3v) is 3.79. The molecule has 0 amide bonds. The molecule has 0 aromatic heterocycles. The summed E-state index contributed by atoms with van der Waals surface area (Å²) in [6.07, 6.45) is 2.70. The second kappa shape index (κ2) is 5.19. The van der Waals surface area contributed by atoms with Gasteiger partial charge in [0, 0.05) is 18.6 Å². The van der Waals surface area contributed by atoms with E-state index in [4.69, 9.17) is 0 Å². The fourth-order valence-corrected chi connectivity index (χ4v) is 2.30. The van der Waals surface area contributed by atoms with E-state index < -0.39 is 0 Å². The van der Waals surface area contributed by atoms with Crippen LogP contribution in [-0.2, 0) is 0 Å². The quantitative estimate of drug-likeness (QED) is 0.815. The van der Waals surface area contributed by atoms with Gasteiger partial charge >= 0.3 is 0 Å². The van der Waals surface area contributed by atoms with Crippen LogP contribution in [-0.4, -0.2) is 19.6 Å². The molecule has 2 nitrogen and oxygen atoms in total. The van der Waals surface area contributed by atoms with Crippen molar-refractivity contribution in [1.82, 2.24) is 10.6 Å². The first-order valence-corrected chi connectivity index (χ1v) is 6.60. The van der Waals surface area contributed by atoms with Crippen LogP contribution < -0.4 is 10.6 Å². The third kappa shape index (κ3) is 3.08. The van der Waals surface area contributed by atoms with Gasteiger partial charge in [-0.2, -0.15) is 0 Å². The molecule has 1 unspecified atom stereocenters. The third-order valence-electron chi connectivity index (χ3n) is 3.79. The molecular weight excluding hydrogens is 208 g/mol. The standard InChI is InChI=1S/C15H24N2/c1-10-7-12(3)14(8-11(10)2)15(16-4)9-17-13-5-6-13/h7-8,13,15-17H,5-6,9H2,1-4H3. The molecule has 1 aromatic carbocycles. The molecule has 1 fully saturated rings. The molecule has 94 valence electrons. The number of benzene rings is 1. The Morgan fingerprint density at radius 2 is 1.76 bits per heavy atom. The predicted octanol–water partition coefficient (Wildman–Crippen LogP) is 2.62. The van der Waals surface area contributed by atoms with Crippen LogP contribution >= 0.6 is 0 Å². The highest BCUT2D eigenvalue weighted by atomic mass is 15.0. The molecule has 2 rings (SSSR count). The monoisotopic (exact) mass is 232 g/mol. The van der Waals surface area contributed by atoms with Crippen LogP contribution in [0.15, 0.2) is 12.1 Å². The van der Waals surface area contributed by atoms with Crippen molar-refractivity contribution in [3.63, 3.8) is 0 Å². The Morgan fingerprint density at radius 1 is 1.12 bits per heavy atom. The van der Waals surface area contributed by atoms with Gasteiger partial charge in [0.05, 0.1) is 0 Å². The van der Waals surface area contributed by atoms with Crippen molar-refractivity contribution in [2.45, 2.75) is 45.7 Å². The lowest BCUT2D eigenvalue weighted by molar-refractivity contribution is 0.524. The first-order valence-electron chi connectivity index (χ1n) is 6.60. The van der Waals surface area contributed by atoms with E-state index in [9.17, 15) is 0 Å². The van der Waals surface area contributed by atoms with Crippen LogP contribution in [0.4, 0.5) is 0 Å². The largest absolute Gasteiger partial charge is 0.312 e. The highest BCUT2D eigenvalue weighted by Crippen LogP contribution is 2.23. The molecule has 0 radical (unpaired) electrons. The first-order chi connectivity index (χ1) is 8.11. The topological polar surface area (TPSA) is 24.1 Å². The van der Waals surface area contributed by atoms with Crippen molar-refractivity contribution in [2.75, 3.05) is 13.6 Å². The zero-order valence-electron chi connectivity index (χ0n) is 11.4. The van der Waals surface area contributed by atoms with E-state index >= 15 is 0 Å². The van der Waals surface area contributed by atoms with Crippen LogP contribution in [0, 0.1) is 20.8 Å². The average molecular weight is 232 g/mol. The maximum atomic E-state index is 3.60. The fourth-order valence-electron chi connectivity index (χ4n) is 2.30. The van der Waals surface area contributed by atoms with Gasteiger partial charge < -0.3 is 10.6 Å². The van der Waals surface area contributed by atoms with Gasteiger partial charge in [0.2, 0.25) is 0 Å². The van der Waals surface area contributed by atoms with Gasteiger partial charge in [-0.1, -0.05) is 12.1 Å². The van der Waals surface area contributed by atoms with Crippen molar-refractivity contribution >= 4 is 0 Å². The molecule has 1 aromatic rings. The number of nitrogens with one attached hydrogen (secondary N) is 2. The lowest BCUT2D eigenvalue weighted by atomic mass is 9.96. The molecular formula is C15H24N2. The lowest BCUT2D eigenvalue weighted by Gasteiger charge is -2.21. The maximum absolute atomic E-state index is 3.60. The number of likely N-dealkylation sites (N-methyl/N-ethyl adjacent to an activating group) is 1. The van der Waals surface area contributed by atoms with Crippen molar-refractivity contribution in [3.8, 4) is 0 Å². The van der Waals surface area contributed by atoms with Crippen molar-refractivity contribution in [3.05, 3.63) is 34.4 Å². The predicted molar refractivity (Wildman–Crippen MR) is 73.5 cm³/mol. The fraction of sp³-hybridized carbons (Fsp3) is 0.600. The first kappa shape index (κ1) is 12.6. The van der Waals surface area contributed by atoms with E-state index in [2.05, 4.69) is 43.5 Å². The molecule has 0 spiro atoms. The summed E-state index contributed by atoms with van der Waals surface area (Å²) in [5.74, 6) is 0. The Morgan fingerprint density at radius 3 is 2.35 bits per heavy atom. The SMILES string of the molecule is CNC(CNC1CC1)c1cc(C)c(C)cc1C. The Hall–Kier alpha value is -0.860. The minimum absolute atomic E-state index is 0.426. The summed E-state index contributed by atoms with van der Waals surface area (Å²) in [4.78, 5) is 0. The Bertz CT molecular complexity index is 394. The molecule has 1 saturated carbocycles. The van der Waals surface area contributed by atoms with Crippen LogP contribution in [0.25, 0.3) is 0 Å². The zero-order chi connectivity index (χ0) is 12.4. The summed E-state index contributed by atoms with van der Waals surface area (Å²) in [5.41, 5.74) is 5.60. The van der Waals surface area contributed by atoms with Crippen molar-refractivity contribution in [2.24, 2.45) is 0 Å². The molecule has 1 aliphatic rings. The molecule has 2 N–H and O–H groups in total. The van der Waals surface area contributed by atoms with Crippen molar-refractivity contribution in [1.29, 1.82) is 0 Å². The summed E-state index contributed by atoms with van der Waals surface area (Å²) in [6.45, 7) is 7.62. The number of aryl methyl sites for hydroxylation is 3. The molecule has 0 heterocycles. The second-order valence-corrected chi connectivity index (χ2v) is 5.32. The second-order valence-electron chi connectivity index (χ2n) is 5.32. The average Bonchev–Trinajstić information content (AvgIpc) is 3.09. The molecule has 17 heavy (non-hydrogen) atoms. The van der Waals surface area contributed by atoms with Crippen LogP contribution in [0.5, 0.6) is 0 Å². The maximum Gasteiger partial charge on any atom is 0.0447 e. The molecule has 0 bridgehead atoms. The zero-order valence-corrected chi connectivity index (χ0v) is 11.4. The van der Waals surface area contributed by atoms with Crippen LogP contribution in [0.1, 0.15) is 41.1 Å². The van der Waals surface area contributed by atoms with Gasteiger partial charge in [0.1, 0.15) is 0 Å². The Balaban J connectivity index is 2.13. The number of hydrogen-bond acceptors (Lipinski definition) is 2. The van der Waals surface area contributed by atoms with Crippen LogP contribution in [0.3, 0.4) is 0 Å². The molecule has 1 aliphatic carbocycles. The molecule has 0 saturated heterocycles. The summed E-state index contributed by atoms with van der Waals surface area (Å²) in [5, 5.41) is 7.03. The summed E-state index contributed by atoms with van der Waals surface area (Å²) in [7, 11) is 2.05. The van der Waals surface area contributed by atoms with Crippen LogP contribution in [0.2, 0.25) is 0 Å². The van der Waals surface area contributed by atoms with Gasteiger partial charge in [0.25, 0.3) is 0 Å². The van der Waals surface area contributed by atoms with Gasteiger partial charge in [-0.3, -0.25) is 0 Å². The summed E-state index contributed by atoms with van der Waals surface area (Å²) >= 11 is 0. The van der Waals surface area contributed by atoms with Gasteiger partial charge in [-0.05, 0) is 62.9 Å². The highest BCUT2D eigenvalue weighted by Gasteiger charge is 2.22. The van der Waals surface area contributed by atoms with Crippen molar-refractivity contribution < 1.29 is 0 Å².